The van der Waals surface area contributed by atoms with Crippen molar-refractivity contribution in [3.05, 3.63) is 34.9 Å². The van der Waals surface area contributed by atoms with Crippen LogP contribution in [-0.2, 0) is 6.42 Å². The zero-order chi connectivity index (χ0) is 14.3. The first-order valence-corrected chi connectivity index (χ1v) is 7.33. The van der Waals surface area contributed by atoms with Gasteiger partial charge in [-0.15, -0.1) is 24.8 Å². The van der Waals surface area contributed by atoms with E-state index in [0.29, 0.717) is 17.0 Å². The molecule has 0 saturated carbocycles. The molecule has 1 aromatic rings. The average Bonchev–Trinajstić information content (AvgIpc) is 2.71. The van der Waals surface area contributed by atoms with E-state index in [9.17, 15) is 4.79 Å². The Kier molecular flexibility index (Phi) is 6.27. The SMILES string of the molecule is CN(C)C1c2cc(C(N)=O)ccc2CC12CCNCC2.Cl.Cl. The van der Waals surface area contributed by atoms with Gasteiger partial charge in [0.25, 0.3) is 0 Å². The number of amides is 1. The number of carbonyl (C=O) groups excluding carboxylic acids is 1. The molecule has 1 aliphatic carbocycles. The van der Waals surface area contributed by atoms with Crippen LogP contribution in [0.5, 0.6) is 0 Å². The number of fused-ring (bicyclic) bond motifs is 1. The number of piperidine rings is 1. The first-order valence-electron chi connectivity index (χ1n) is 7.33. The quantitative estimate of drug-likeness (QED) is 0.863. The molecule has 1 aliphatic heterocycles. The van der Waals surface area contributed by atoms with E-state index in [1.165, 1.54) is 24.0 Å². The fourth-order valence-electron chi connectivity index (χ4n) is 4.17. The highest BCUT2D eigenvalue weighted by atomic mass is 35.5. The van der Waals surface area contributed by atoms with E-state index in [4.69, 9.17) is 5.73 Å². The fraction of sp³-hybridized carbons (Fsp3) is 0.562. The molecule has 3 rings (SSSR count). The maximum atomic E-state index is 11.4. The normalized spacial score (nSPS) is 21.9. The molecule has 4 nitrogen and oxygen atoms in total. The van der Waals surface area contributed by atoms with Crippen molar-refractivity contribution in [2.45, 2.75) is 25.3 Å². The number of benzene rings is 1. The minimum atomic E-state index is -0.337. The molecule has 0 bridgehead atoms. The number of primary amides is 1. The molecular formula is C16H25Cl2N3O. The number of halogens is 2. The first kappa shape index (κ1) is 19.2. The van der Waals surface area contributed by atoms with Crippen LogP contribution in [0.3, 0.4) is 0 Å². The lowest BCUT2D eigenvalue weighted by atomic mass is 9.73. The van der Waals surface area contributed by atoms with Gasteiger partial charge in [0, 0.05) is 11.6 Å². The number of carbonyl (C=O) groups is 1. The van der Waals surface area contributed by atoms with Gasteiger partial charge < -0.3 is 16.0 Å². The summed E-state index contributed by atoms with van der Waals surface area (Å²) in [5.41, 5.74) is 9.06. The van der Waals surface area contributed by atoms with Crippen molar-refractivity contribution in [3.8, 4) is 0 Å². The molecule has 2 aliphatic rings. The van der Waals surface area contributed by atoms with Crippen LogP contribution >= 0.6 is 24.8 Å². The average molecular weight is 346 g/mol. The van der Waals surface area contributed by atoms with E-state index >= 15 is 0 Å². The molecule has 1 spiro atoms. The van der Waals surface area contributed by atoms with Crippen molar-refractivity contribution in [3.63, 3.8) is 0 Å². The Balaban J connectivity index is 0.00000121. The fourth-order valence-corrected chi connectivity index (χ4v) is 4.17. The Morgan fingerprint density at radius 3 is 2.45 bits per heavy atom. The number of nitrogens with zero attached hydrogens (tertiary/aromatic N) is 1. The molecule has 124 valence electrons. The molecule has 22 heavy (non-hydrogen) atoms. The van der Waals surface area contributed by atoms with Gasteiger partial charge in [-0.25, -0.2) is 0 Å². The maximum Gasteiger partial charge on any atom is 0.248 e. The van der Waals surface area contributed by atoms with Gasteiger partial charge in [0.05, 0.1) is 0 Å². The Hall–Kier alpha value is -0.810. The second-order valence-corrected chi connectivity index (χ2v) is 6.43. The van der Waals surface area contributed by atoms with Gasteiger partial charge in [0.1, 0.15) is 0 Å². The molecule has 6 heteroatoms. The summed E-state index contributed by atoms with van der Waals surface area (Å²) in [7, 11) is 4.28. The molecule has 1 amide bonds. The second kappa shape index (κ2) is 7.18. The predicted molar refractivity (Wildman–Crippen MR) is 94.1 cm³/mol. The Bertz CT molecular complexity index is 542. The van der Waals surface area contributed by atoms with Gasteiger partial charge in [-0.1, -0.05) is 6.07 Å². The Labute approximate surface area is 144 Å². The molecule has 0 radical (unpaired) electrons. The number of nitrogens with two attached hydrogens (primary N) is 1. The van der Waals surface area contributed by atoms with E-state index in [1.54, 1.807) is 0 Å². The highest BCUT2D eigenvalue weighted by Crippen LogP contribution is 2.53. The lowest BCUT2D eigenvalue weighted by Crippen LogP contribution is -2.43. The van der Waals surface area contributed by atoms with Crippen LogP contribution in [0.2, 0.25) is 0 Å². The monoisotopic (exact) mass is 345 g/mol. The van der Waals surface area contributed by atoms with E-state index in [-0.39, 0.29) is 30.7 Å². The van der Waals surface area contributed by atoms with Crippen molar-refractivity contribution in [1.29, 1.82) is 0 Å². The molecule has 1 atom stereocenters. The summed E-state index contributed by atoms with van der Waals surface area (Å²) in [5.74, 6) is -0.337. The molecule has 1 aromatic carbocycles. The summed E-state index contributed by atoms with van der Waals surface area (Å²) < 4.78 is 0. The van der Waals surface area contributed by atoms with Crippen molar-refractivity contribution in [2.75, 3.05) is 27.2 Å². The molecule has 1 fully saturated rings. The lowest BCUT2D eigenvalue weighted by Gasteiger charge is -2.42. The van der Waals surface area contributed by atoms with Gasteiger partial charge in [0.15, 0.2) is 0 Å². The third-order valence-corrected chi connectivity index (χ3v) is 4.96. The molecule has 3 N–H and O–H groups in total. The van der Waals surface area contributed by atoms with Crippen LogP contribution in [-0.4, -0.2) is 38.0 Å². The van der Waals surface area contributed by atoms with Gasteiger partial charge in [-0.2, -0.15) is 0 Å². The Morgan fingerprint density at radius 2 is 1.91 bits per heavy atom. The summed E-state index contributed by atoms with van der Waals surface area (Å²) in [6.07, 6.45) is 3.50. The van der Waals surface area contributed by atoms with Gasteiger partial charge in [0.2, 0.25) is 5.91 Å². The summed E-state index contributed by atoms with van der Waals surface area (Å²) in [5, 5.41) is 3.46. The highest BCUT2D eigenvalue weighted by molar-refractivity contribution is 5.93. The van der Waals surface area contributed by atoms with Crippen molar-refractivity contribution in [1.82, 2.24) is 10.2 Å². The summed E-state index contributed by atoms with van der Waals surface area (Å²) in [4.78, 5) is 13.8. The van der Waals surface area contributed by atoms with E-state index in [2.05, 4.69) is 30.4 Å². The highest BCUT2D eigenvalue weighted by Gasteiger charge is 2.47. The molecule has 1 unspecified atom stereocenters. The van der Waals surface area contributed by atoms with Crippen LogP contribution in [0.15, 0.2) is 18.2 Å². The van der Waals surface area contributed by atoms with Crippen molar-refractivity contribution >= 4 is 30.7 Å². The van der Waals surface area contributed by atoms with Crippen LogP contribution in [0.1, 0.15) is 40.4 Å². The van der Waals surface area contributed by atoms with Crippen molar-refractivity contribution < 1.29 is 4.79 Å². The second-order valence-electron chi connectivity index (χ2n) is 6.43. The summed E-state index contributed by atoms with van der Waals surface area (Å²) in [6.45, 7) is 2.17. The van der Waals surface area contributed by atoms with E-state index in [0.717, 1.165) is 19.5 Å². The number of hydrogen-bond donors (Lipinski definition) is 2. The third kappa shape index (κ3) is 3.11. The lowest BCUT2D eigenvalue weighted by molar-refractivity contribution is 0.0820. The number of rotatable bonds is 2. The molecular weight excluding hydrogens is 321 g/mol. The minimum absolute atomic E-state index is 0. The number of nitrogens with one attached hydrogen (secondary N) is 1. The summed E-state index contributed by atoms with van der Waals surface area (Å²) in [6, 6.07) is 6.37. The summed E-state index contributed by atoms with van der Waals surface area (Å²) >= 11 is 0. The smallest absolute Gasteiger partial charge is 0.248 e. The molecule has 1 heterocycles. The van der Waals surface area contributed by atoms with Gasteiger partial charge in [-0.05, 0) is 75.1 Å². The first-order chi connectivity index (χ1) is 9.53. The minimum Gasteiger partial charge on any atom is -0.366 e. The standard InChI is InChI=1S/C16H23N3O.2ClH/c1-19(2)14-13-9-11(15(17)20)3-4-12(13)10-16(14)5-7-18-8-6-16;;/h3-4,9,14,18H,5-8,10H2,1-2H3,(H2,17,20);2*1H. The van der Waals surface area contributed by atoms with E-state index in [1.807, 2.05) is 12.1 Å². The topological polar surface area (TPSA) is 58.4 Å². The Morgan fingerprint density at radius 1 is 1.27 bits per heavy atom. The molecule has 0 aromatic heterocycles. The van der Waals surface area contributed by atoms with Gasteiger partial charge in [-0.3, -0.25) is 4.79 Å². The van der Waals surface area contributed by atoms with Crippen LogP contribution < -0.4 is 11.1 Å². The zero-order valence-electron chi connectivity index (χ0n) is 13.1. The molecule has 1 saturated heterocycles. The van der Waals surface area contributed by atoms with Crippen LogP contribution in [0.25, 0.3) is 0 Å². The van der Waals surface area contributed by atoms with Crippen LogP contribution in [0.4, 0.5) is 0 Å². The maximum absolute atomic E-state index is 11.4. The number of hydrogen-bond acceptors (Lipinski definition) is 3. The van der Waals surface area contributed by atoms with Crippen molar-refractivity contribution in [2.24, 2.45) is 11.1 Å². The van der Waals surface area contributed by atoms with Crippen LogP contribution in [0, 0.1) is 5.41 Å². The van der Waals surface area contributed by atoms with E-state index < -0.39 is 0 Å². The van der Waals surface area contributed by atoms with Gasteiger partial charge >= 0.3 is 0 Å². The largest absolute Gasteiger partial charge is 0.366 e. The third-order valence-electron chi connectivity index (χ3n) is 4.96. The predicted octanol–water partition coefficient (Wildman–Crippen LogP) is 2.16. The zero-order valence-corrected chi connectivity index (χ0v) is 14.7.